The van der Waals surface area contributed by atoms with E-state index in [0.29, 0.717) is 18.7 Å². The zero-order chi connectivity index (χ0) is 13.5. The third-order valence-corrected chi connectivity index (χ3v) is 2.33. The molecule has 18 heavy (non-hydrogen) atoms. The first-order valence-corrected chi connectivity index (χ1v) is 5.58. The average Bonchev–Trinajstić information content (AvgIpc) is 2.27. The van der Waals surface area contributed by atoms with Gasteiger partial charge >= 0.3 is 5.97 Å². The van der Waals surface area contributed by atoms with E-state index < -0.39 is 4.92 Å². The van der Waals surface area contributed by atoms with Crippen LogP contribution in [0.5, 0.6) is 0 Å². The van der Waals surface area contributed by atoms with Crippen LogP contribution in [-0.2, 0) is 16.1 Å². The Morgan fingerprint density at radius 3 is 2.83 bits per heavy atom. The highest BCUT2D eigenvalue weighted by Crippen LogP contribution is 2.19. The monoisotopic (exact) mass is 252 g/mol. The Labute approximate surface area is 105 Å². The fourth-order valence-corrected chi connectivity index (χ4v) is 1.52. The van der Waals surface area contributed by atoms with Gasteiger partial charge in [-0.05, 0) is 13.0 Å². The Morgan fingerprint density at radius 1 is 1.50 bits per heavy atom. The van der Waals surface area contributed by atoms with E-state index in [0.717, 1.165) is 5.56 Å². The molecule has 0 amide bonds. The van der Waals surface area contributed by atoms with E-state index >= 15 is 0 Å². The van der Waals surface area contributed by atoms with Gasteiger partial charge in [0.1, 0.15) is 6.61 Å². The minimum Gasteiger partial charge on any atom is -0.465 e. The van der Waals surface area contributed by atoms with Crippen LogP contribution in [0.1, 0.15) is 18.1 Å². The quantitative estimate of drug-likeness (QED) is 0.359. The van der Waals surface area contributed by atoms with E-state index in [-0.39, 0.29) is 18.3 Å². The third-order valence-electron chi connectivity index (χ3n) is 2.33. The number of carbonyl (C=O) groups excluding carboxylic acids is 1. The van der Waals surface area contributed by atoms with Gasteiger partial charge in [0, 0.05) is 31.6 Å². The number of benzene rings is 1. The summed E-state index contributed by atoms with van der Waals surface area (Å²) in [4.78, 5) is 20.9. The second-order valence-electron chi connectivity index (χ2n) is 3.91. The van der Waals surface area contributed by atoms with Crippen molar-refractivity contribution >= 4 is 11.7 Å². The number of nitro benzene ring substituents is 1. The molecule has 0 radical (unpaired) electrons. The van der Waals surface area contributed by atoms with Crippen LogP contribution in [-0.4, -0.2) is 24.0 Å². The van der Waals surface area contributed by atoms with Crippen LogP contribution in [0.25, 0.3) is 0 Å². The molecule has 6 nitrogen and oxygen atoms in total. The van der Waals surface area contributed by atoms with Gasteiger partial charge in [-0.25, -0.2) is 0 Å². The number of esters is 1. The number of rotatable bonds is 6. The van der Waals surface area contributed by atoms with Crippen molar-refractivity contribution in [2.75, 3.05) is 13.2 Å². The molecule has 0 atom stereocenters. The van der Waals surface area contributed by atoms with Gasteiger partial charge in [-0.3, -0.25) is 14.9 Å². The molecule has 0 aliphatic heterocycles. The molecule has 0 fully saturated rings. The maximum atomic E-state index is 10.8. The fraction of sp³-hybridized carbons (Fsp3) is 0.417. The first kappa shape index (κ1) is 14.1. The molecule has 0 aromatic heterocycles. The van der Waals surface area contributed by atoms with Crippen LogP contribution in [0.2, 0.25) is 0 Å². The first-order chi connectivity index (χ1) is 8.50. The van der Waals surface area contributed by atoms with Gasteiger partial charge in [0.2, 0.25) is 0 Å². The summed E-state index contributed by atoms with van der Waals surface area (Å²) in [6.07, 6.45) is 0. The lowest BCUT2D eigenvalue weighted by Gasteiger charge is -2.06. The minimum atomic E-state index is -0.400. The molecule has 0 aliphatic carbocycles. The Morgan fingerprint density at radius 2 is 2.22 bits per heavy atom. The zero-order valence-corrected chi connectivity index (χ0v) is 10.4. The fourth-order valence-electron chi connectivity index (χ4n) is 1.52. The number of hydrogen-bond acceptors (Lipinski definition) is 5. The van der Waals surface area contributed by atoms with Crippen LogP contribution in [0.4, 0.5) is 5.69 Å². The second kappa shape index (κ2) is 6.70. The largest absolute Gasteiger partial charge is 0.465 e. The number of carbonyl (C=O) groups is 1. The Balaban J connectivity index is 2.53. The topological polar surface area (TPSA) is 81.5 Å². The van der Waals surface area contributed by atoms with Gasteiger partial charge in [-0.1, -0.05) is 11.6 Å². The van der Waals surface area contributed by atoms with Crippen molar-refractivity contribution in [2.24, 2.45) is 0 Å². The highest BCUT2D eigenvalue weighted by Gasteiger charge is 2.12. The summed E-state index contributed by atoms with van der Waals surface area (Å²) in [5.41, 5.74) is 1.70. The number of hydrogen-bond donors (Lipinski definition) is 1. The standard InChI is InChI=1S/C12H16N2O4/c1-9-3-4-12(14(16)17)11(7-9)8-13-5-6-18-10(2)15/h3-4,7,13H,5-6,8H2,1-2H3. The lowest BCUT2D eigenvalue weighted by molar-refractivity contribution is -0.385. The van der Waals surface area contributed by atoms with E-state index in [1.807, 2.05) is 6.92 Å². The summed E-state index contributed by atoms with van der Waals surface area (Å²) in [5.74, 6) is -0.335. The van der Waals surface area contributed by atoms with Crippen LogP contribution >= 0.6 is 0 Å². The van der Waals surface area contributed by atoms with Gasteiger partial charge in [-0.2, -0.15) is 0 Å². The molecule has 6 heteroatoms. The molecule has 0 spiro atoms. The molecule has 0 aliphatic rings. The molecule has 98 valence electrons. The number of ether oxygens (including phenoxy) is 1. The minimum absolute atomic E-state index is 0.0978. The van der Waals surface area contributed by atoms with Crippen LogP contribution < -0.4 is 5.32 Å². The smallest absolute Gasteiger partial charge is 0.302 e. The van der Waals surface area contributed by atoms with E-state index in [1.165, 1.54) is 13.0 Å². The maximum Gasteiger partial charge on any atom is 0.302 e. The van der Waals surface area contributed by atoms with Crippen molar-refractivity contribution in [3.05, 3.63) is 39.4 Å². The molecule has 0 bridgehead atoms. The van der Waals surface area contributed by atoms with Crippen LogP contribution in [0.15, 0.2) is 18.2 Å². The molecule has 0 unspecified atom stereocenters. The first-order valence-electron chi connectivity index (χ1n) is 5.58. The third kappa shape index (κ3) is 4.50. The summed E-state index contributed by atoms with van der Waals surface area (Å²) in [5, 5.41) is 13.8. The summed E-state index contributed by atoms with van der Waals surface area (Å²) in [6, 6.07) is 4.98. The van der Waals surface area contributed by atoms with Crippen molar-refractivity contribution in [3.63, 3.8) is 0 Å². The SMILES string of the molecule is CC(=O)OCCNCc1cc(C)ccc1[N+](=O)[O-]. The van der Waals surface area contributed by atoms with Crippen molar-refractivity contribution in [1.29, 1.82) is 0 Å². The Hall–Kier alpha value is -1.95. The molecule has 0 heterocycles. The van der Waals surface area contributed by atoms with E-state index in [9.17, 15) is 14.9 Å². The van der Waals surface area contributed by atoms with Gasteiger partial charge in [0.25, 0.3) is 5.69 Å². The summed E-state index contributed by atoms with van der Waals surface area (Å²) < 4.78 is 4.75. The van der Waals surface area contributed by atoms with Crippen molar-refractivity contribution in [3.8, 4) is 0 Å². The number of nitrogens with zero attached hydrogens (tertiary/aromatic N) is 1. The molecule has 1 aromatic carbocycles. The Bertz CT molecular complexity index is 446. The van der Waals surface area contributed by atoms with Crippen LogP contribution in [0.3, 0.4) is 0 Å². The van der Waals surface area contributed by atoms with Gasteiger partial charge in [-0.15, -0.1) is 0 Å². The van der Waals surface area contributed by atoms with Crippen molar-refractivity contribution in [2.45, 2.75) is 20.4 Å². The summed E-state index contributed by atoms with van der Waals surface area (Å²) in [7, 11) is 0. The normalized spacial score (nSPS) is 10.1. The highest BCUT2D eigenvalue weighted by atomic mass is 16.6. The number of nitrogens with one attached hydrogen (secondary N) is 1. The Kier molecular flexibility index (Phi) is 5.26. The zero-order valence-electron chi connectivity index (χ0n) is 10.4. The molecular formula is C12H16N2O4. The summed E-state index contributed by atoms with van der Waals surface area (Å²) >= 11 is 0. The summed E-state index contributed by atoms with van der Waals surface area (Å²) in [6.45, 7) is 4.32. The number of nitro groups is 1. The lowest BCUT2D eigenvalue weighted by atomic mass is 10.1. The molecule has 1 rings (SSSR count). The van der Waals surface area contributed by atoms with Gasteiger partial charge in [0.05, 0.1) is 4.92 Å². The number of aryl methyl sites for hydroxylation is 1. The maximum absolute atomic E-state index is 10.8. The molecular weight excluding hydrogens is 236 g/mol. The van der Waals surface area contributed by atoms with E-state index in [2.05, 4.69) is 5.32 Å². The van der Waals surface area contributed by atoms with E-state index in [4.69, 9.17) is 4.74 Å². The average molecular weight is 252 g/mol. The van der Waals surface area contributed by atoms with Crippen molar-refractivity contribution in [1.82, 2.24) is 5.32 Å². The highest BCUT2D eigenvalue weighted by molar-refractivity contribution is 5.65. The molecule has 0 saturated heterocycles. The van der Waals surface area contributed by atoms with Gasteiger partial charge < -0.3 is 10.1 Å². The van der Waals surface area contributed by atoms with Crippen molar-refractivity contribution < 1.29 is 14.5 Å². The molecule has 1 aromatic rings. The second-order valence-corrected chi connectivity index (χ2v) is 3.91. The predicted octanol–water partition coefficient (Wildman–Crippen LogP) is 1.56. The molecule has 0 saturated carbocycles. The predicted molar refractivity (Wildman–Crippen MR) is 66.2 cm³/mol. The molecule has 1 N–H and O–H groups in total. The lowest BCUT2D eigenvalue weighted by Crippen LogP contribution is -2.20. The van der Waals surface area contributed by atoms with Crippen LogP contribution in [0, 0.1) is 17.0 Å². The van der Waals surface area contributed by atoms with Gasteiger partial charge in [0.15, 0.2) is 0 Å². The van der Waals surface area contributed by atoms with E-state index in [1.54, 1.807) is 12.1 Å².